The Morgan fingerprint density at radius 3 is 2.00 bits per heavy atom. The van der Waals surface area contributed by atoms with Crippen LogP contribution in [0.1, 0.15) is 82.7 Å². The Labute approximate surface area is 153 Å². The fourth-order valence-corrected chi connectivity index (χ4v) is 4.70. The van der Waals surface area contributed by atoms with Gasteiger partial charge in [0.1, 0.15) is 6.04 Å². The summed E-state index contributed by atoms with van der Waals surface area (Å²) in [5, 5.41) is 2.22. The van der Waals surface area contributed by atoms with Crippen LogP contribution < -0.4 is 5.32 Å². The first kappa shape index (κ1) is 18.4. The topological polar surface area (TPSA) is 36.9 Å². The predicted octanol–water partition coefficient (Wildman–Crippen LogP) is 3.81. The van der Waals surface area contributed by atoms with Crippen molar-refractivity contribution in [3.63, 3.8) is 0 Å². The van der Waals surface area contributed by atoms with Gasteiger partial charge in [-0.25, -0.2) is 0 Å². The minimum atomic E-state index is 0.338. The highest BCUT2D eigenvalue weighted by molar-refractivity contribution is 5.77. The summed E-state index contributed by atoms with van der Waals surface area (Å²) in [5.74, 6) is 0.376. The van der Waals surface area contributed by atoms with Gasteiger partial charge in [-0.1, -0.05) is 68.9 Å². The Balaban J connectivity index is 1.61. The fraction of sp³-hybridized carbons (Fsp3) is 0.682. The van der Waals surface area contributed by atoms with Crippen LogP contribution in [0.15, 0.2) is 30.3 Å². The van der Waals surface area contributed by atoms with Crippen molar-refractivity contribution < 1.29 is 10.1 Å². The molecule has 0 unspecified atom stereocenters. The SMILES string of the molecule is C[C@@H]([NH2+]CC(=O)N(C1CCCCC1)C1CCCCC1)c1ccccc1. The molecule has 1 atom stereocenters. The Morgan fingerprint density at radius 1 is 0.960 bits per heavy atom. The molecule has 1 aromatic rings. The zero-order valence-corrected chi connectivity index (χ0v) is 15.8. The smallest absolute Gasteiger partial charge is 0.278 e. The lowest BCUT2D eigenvalue weighted by Crippen LogP contribution is -2.87. The van der Waals surface area contributed by atoms with E-state index in [1.165, 1.54) is 69.8 Å². The Hall–Kier alpha value is -1.35. The molecule has 1 aromatic carbocycles. The number of carbonyl (C=O) groups is 1. The predicted molar refractivity (Wildman–Crippen MR) is 102 cm³/mol. The van der Waals surface area contributed by atoms with Crippen molar-refractivity contribution in [2.75, 3.05) is 6.54 Å². The molecule has 2 N–H and O–H groups in total. The molecule has 2 saturated carbocycles. The molecule has 0 aromatic heterocycles. The highest BCUT2D eigenvalue weighted by atomic mass is 16.2. The van der Waals surface area contributed by atoms with Crippen molar-refractivity contribution in [3.8, 4) is 0 Å². The van der Waals surface area contributed by atoms with Crippen LogP contribution in [0.3, 0.4) is 0 Å². The molecule has 0 radical (unpaired) electrons. The lowest BCUT2D eigenvalue weighted by atomic mass is 9.88. The molecule has 3 heteroatoms. The van der Waals surface area contributed by atoms with Gasteiger partial charge in [0.15, 0.2) is 6.54 Å². The number of nitrogens with zero attached hydrogens (tertiary/aromatic N) is 1. The zero-order valence-electron chi connectivity index (χ0n) is 15.8. The van der Waals surface area contributed by atoms with Crippen molar-refractivity contribution in [2.45, 2.75) is 89.3 Å². The summed E-state index contributed by atoms with van der Waals surface area (Å²) in [6.45, 7) is 2.79. The van der Waals surface area contributed by atoms with E-state index in [9.17, 15) is 4.79 Å². The molecule has 25 heavy (non-hydrogen) atoms. The average molecular weight is 344 g/mol. The maximum absolute atomic E-state index is 13.2. The van der Waals surface area contributed by atoms with Crippen LogP contribution >= 0.6 is 0 Å². The van der Waals surface area contributed by atoms with E-state index >= 15 is 0 Å². The number of benzene rings is 1. The van der Waals surface area contributed by atoms with Gasteiger partial charge in [0.05, 0.1) is 0 Å². The third kappa shape index (κ3) is 5.07. The van der Waals surface area contributed by atoms with E-state index in [1.54, 1.807) is 0 Å². The number of rotatable bonds is 6. The summed E-state index contributed by atoms with van der Waals surface area (Å²) in [6.07, 6.45) is 12.8. The Bertz CT molecular complexity index is 500. The fourth-order valence-electron chi connectivity index (χ4n) is 4.70. The minimum absolute atomic E-state index is 0.338. The first-order chi connectivity index (χ1) is 12.3. The molecule has 2 fully saturated rings. The Kier molecular flexibility index (Phi) is 6.92. The standard InChI is InChI=1S/C22H34N2O/c1-18(19-11-5-2-6-12-19)23-17-22(25)24(20-13-7-3-8-14-20)21-15-9-4-10-16-21/h2,5-6,11-12,18,20-21,23H,3-4,7-10,13-17H2,1H3/p+1/t18-/m1/s1. The number of hydrogen-bond donors (Lipinski definition) is 1. The molecule has 2 aliphatic carbocycles. The lowest BCUT2D eigenvalue weighted by Gasteiger charge is -2.41. The van der Waals surface area contributed by atoms with Crippen LogP contribution in [-0.2, 0) is 4.79 Å². The molecule has 1 amide bonds. The summed E-state index contributed by atoms with van der Waals surface area (Å²) in [5.41, 5.74) is 1.30. The van der Waals surface area contributed by atoms with Crippen LogP contribution in [-0.4, -0.2) is 29.4 Å². The van der Waals surface area contributed by atoms with Crippen LogP contribution in [0.5, 0.6) is 0 Å². The third-order valence-electron chi connectivity index (χ3n) is 6.20. The number of carbonyl (C=O) groups excluding carboxylic acids is 1. The zero-order chi connectivity index (χ0) is 17.5. The van der Waals surface area contributed by atoms with E-state index in [1.807, 2.05) is 0 Å². The van der Waals surface area contributed by atoms with E-state index in [-0.39, 0.29) is 0 Å². The second-order valence-corrected chi connectivity index (χ2v) is 8.02. The number of quaternary nitrogens is 1. The third-order valence-corrected chi connectivity index (χ3v) is 6.20. The van der Waals surface area contributed by atoms with Crippen LogP contribution in [0.4, 0.5) is 0 Å². The lowest BCUT2D eigenvalue weighted by molar-refractivity contribution is -0.683. The van der Waals surface area contributed by atoms with Crippen LogP contribution in [0.25, 0.3) is 0 Å². The van der Waals surface area contributed by atoms with Crippen molar-refractivity contribution in [1.29, 1.82) is 0 Å². The van der Waals surface area contributed by atoms with Gasteiger partial charge in [0, 0.05) is 17.6 Å². The van der Waals surface area contributed by atoms with Gasteiger partial charge in [-0.3, -0.25) is 4.79 Å². The van der Waals surface area contributed by atoms with E-state index < -0.39 is 0 Å². The first-order valence-corrected chi connectivity index (χ1v) is 10.4. The average Bonchev–Trinajstić information content (AvgIpc) is 2.69. The molecule has 0 saturated heterocycles. The summed E-state index contributed by atoms with van der Waals surface area (Å²) in [6, 6.07) is 11.9. The first-order valence-electron chi connectivity index (χ1n) is 10.4. The molecular formula is C22H35N2O+. The molecular weight excluding hydrogens is 308 g/mol. The summed E-state index contributed by atoms with van der Waals surface area (Å²) in [7, 11) is 0. The maximum Gasteiger partial charge on any atom is 0.278 e. The summed E-state index contributed by atoms with van der Waals surface area (Å²) >= 11 is 0. The summed E-state index contributed by atoms with van der Waals surface area (Å²) < 4.78 is 0. The van der Waals surface area contributed by atoms with Crippen molar-refractivity contribution in [2.24, 2.45) is 0 Å². The molecule has 3 nitrogen and oxygen atoms in total. The van der Waals surface area contributed by atoms with Gasteiger partial charge in [-0.2, -0.15) is 0 Å². The minimum Gasteiger partial charge on any atom is -0.333 e. The molecule has 0 spiro atoms. The van der Waals surface area contributed by atoms with E-state index in [0.717, 1.165) is 0 Å². The number of hydrogen-bond acceptors (Lipinski definition) is 1. The molecule has 2 aliphatic rings. The van der Waals surface area contributed by atoms with E-state index in [2.05, 4.69) is 47.5 Å². The largest absolute Gasteiger partial charge is 0.333 e. The van der Waals surface area contributed by atoms with Gasteiger partial charge in [-0.15, -0.1) is 0 Å². The molecule has 138 valence electrons. The number of amides is 1. The number of nitrogens with two attached hydrogens (primary N) is 1. The quantitative estimate of drug-likeness (QED) is 0.838. The van der Waals surface area contributed by atoms with Crippen molar-refractivity contribution in [3.05, 3.63) is 35.9 Å². The van der Waals surface area contributed by atoms with Crippen LogP contribution in [0, 0.1) is 0 Å². The van der Waals surface area contributed by atoms with Crippen molar-refractivity contribution >= 4 is 5.91 Å². The second-order valence-electron chi connectivity index (χ2n) is 8.02. The summed E-state index contributed by atoms with van der Waals surface area (Å²) in [4.78, 5) is 15.5. The van der Waals surface area contributed by atoms with Gasteiger partial charge >= 0.3 is 0 Å². The molecule has 0 heterocycles. The molecule has 3 rings (SSSR count). The Morgan fingerprint density at radius 2 is 1.48 bits per heavy atom. The van der Waals surface area contributed by atoms with Gasteiger partial charge in [0.25, 0.3) is 5.91 Å². The van der Waals surface area contributed by atoms with Gasteiger partial charge < -0.3 is 10.2 Å². The van der Waals surface area contributed by atoms with E-state index in [4.69, 9.17) is 0 Å². The van der Waals surface area contributed by atoms with Gasteiger partial charge in [-0.05, 0) is 32.6 Å². The van der Waals surface area contributed by atoms with Crippen LogP contribution in [0.2, 0.25) is 0 Å². The second kappa shape index (κ2) is 9.38. The van der Waals surface area contributed by atoms with Gasteiger partial charge in [0.2, 0.25) is 0 Å². The normalized spacial score (nSPS) is 21.0. The maximum atomic E-state index is 13.2. The monoisotopic (exact) mass is 343 g/mol. The molecule has 0 aliphatic heterocycles. The highest BCUT2D eigenvalue weighted by Gasteiger charge is 2.33. The van der Waals surface area contributed by atoms with Crippen molar-refractivity contribution in [1.82, 2.24) is 4.90 Å². The molecule has 0 bridgehead atoms. The van der Waals surface area contributed by atoms with E-state index in [0.29, 0.717) is 30.6 Å². The highest BCUT2D eigenvalue weighted by Crippen LogP contribution is 2.30.